The summed E-state index contributed by atoms with van der Waals surface area (Å²) in [6.07, 6.45) is 2.06. The fraction of sp³-hybridized carbons (Fsp3) is 0.174. The molecule has 3 aromatic rings. The monoisotopic (exact) mass is 504 g/mol. The molecular weight excluding hydrogens is 483 g/mol. The van der Waals surface area contributed by atoms with Gasteiger partial charge in [-0.1, -0.05) is 41.4 Å². The highest BCUT2D eigenvalue weighted by Crippen LogP contribution is 2.33. The summed E-state index contributed by atoms with van der Waals surface area (Å²) in [5.74, 6) is 0. The van der Waals surface area contributed by atoms with Crippen LogP contribution in [-0.4, -0.2) is 27.5 Å². The van der Waals surface area contributed by atoms with Gasteiger partial charge in [-0.15, -0.1) is 0 Å². The molecule has 1 aliphatic heterocycles. The number of nitrogens with zero attached hydrogens (tertiary/aromatic N) is 1. The number of carbonyl (C=O) groups is 1. The van der Waals surface area contributed by atoms with Crippen LogP contribution in [0.2, 0.25) is 10.0 Å². The van der Waals surface area contributed by atoms with Gasteiger partial charge in [-0.05, 0) is 61.4 Å². The minimum atomic E-state index is -3.94. The highest BCUT2D eigenvalue weighted by Gasteiger charge is 2.22. The number of para-hydroxylation sites is 1. The number of anilines is 4. The summed E-state index contributed by atoms with van der Waals surface area (Å²) in [7, 11) is -3.94. The molecule has 0 radical (unpaired) electrons. The maximum atomic E-state index is 13.0. The first kappa shape index (κ1) is 23.2. The lowest BCUT2D eigenvalue weighted by atomic mass is 10.2. The van der Waals surface area contributed by atoms with Crippen molar-refractivity contribution in [1.29, 1.82) is 0 Å². The Morgan fingerprint density at radius 2 is 1.61 bits per heavy atom. The number of halogens is 2. The van der Waals surface area contributed by atoms with Crippen LogP contribution in [0.4, 0.5) is 27.5 Å². The molecule has 3 aromatic carbocycles. The Labute approximate surface area is 202 Å². The first-order chi connectivity index (χ1) is 15.8. The number of nitrogens with one attached hydrogen (secondary N) is 3. The molecule has 3 N–H and O–H groups in total. The van der Waals surface area contributed by atoms with Gasteiger partial charge in [0.1, 0.15) is 0 Å². The lowest BCUT2D eigenvalue weighted by Gasteiger charge is -2.22. The number of sulfonamides is 1. The van der Waals surface area contributed by atoms with E-state index in [1.807, 2.05) is 0 Å². The molecule has 0 saturated carbocycles. The molecule has 0 spiro atoms. The zero-order chi connectivity index (χ0) is 23.4. The second-order valence-electron chi connectivity index (χ2n) is 7.55. The van der Waals surface area contributed by atoms with Gasteiger partial charge in [-0.2, -0.15) is 0 Å². The topological polar surface area (TPSA) is 90.5 Å². The quantitative estimate of drug-likeness (QED) is 0.381. The molecule has 1 aliphatic rings. The number of hydrogen-bond acceptors (Lipinski definition) is 4. The molecule has 0 bridgehead atoms. The SMILES string of the molecule is O=C(Nc1cccc(Cl)c1)Nc1cc(S(=O)(=O)Nc2ccccc2Cl)ccc1N1CCCC1. The highest BCUT2D eigenvalue weighted by molar-refractivity contribution is 7.92. The maximum absolute atomic E-state index is 13.0. The molecule has 0 atom stereocenters. The third-order valence-electron chi connectivity index (χ3n) is 5.17. The van der Waals surface area contributed by atoms with E-state index in [0.717, 1.165) is 31.6 Å². The molecule has 172 valence electrons. The second-order valence-corrected chi connectivity index (χ2v) is 10.1. The number of carbonyl (C=O) groups excluding carboxylic acids is 1. The largest absolute Gasteiger partial charge is 0.370 e. The zero-order valence-corrected chi connectivity index (χ0v) is 19.8. The summed E-state index contributed by atoms with van der Waals surface area (Å²) < 4.78 is 28.6. The molecule has 0 aliphatic carbocycles. The van der Waals surface area contributed by atoms with E-state index >= 15 is 0 Å². The van der Waals surface area contributed by atoms with Crippen molar-refractivity contribution in [1.82, 2.24) is 0 Å². The Hall–Kier alpha value is -2.94. The zero-order valence-electron chi connectivity index (χ0n) is 17.5. The second kappa shape index (κ2) is 9.91. The first-order valence-corrected chi connectivity index (χ1v) is 12.6. The summed E-state index contributed by atoms with van der Waals surface area (Å²) in [5, 5.41) is 6.29. The molecule has 4 rings (SSSR count). The van der Waals surface area contributed by atoms with E-state index in [0.29, 0.717) is 16.4 Å². The number of benzene rings is 3. The average molecular weight is 505 g/mol. The van der Waals surface area contributed by atoms with Crippen LogP contribution in [-0.2, 0) is 10.0 Å². The standard InChI is InChI=1S/C23H22Cl2N4O3S/c24-16-6-5-7-17(14-16)26-23(30)27-21-15-18(10-11-22(21)29-12-3-4-13-29)33(31,32)28-20-9-2-1-8-19(20)25/h1-2,5-11,14-15,28H,3-4,12-13H2,(H2,26,27,30). The molecule has 0 unspecified atom stereocenters. The fourth-order valence-corrected chi connectivity index (χ4v) is 5.15. The van der Waals surface area contributed by atoms with Crippen molar-refractivity contribution in [3.05, 3.63) is 76.8 Å². The van der Waals surface area contributed by atoms with Crippen molar-refractivity contribution in [2.24, 2.45) is 0 Å². The van der Waals surface area contributed by atoms with Crippen molar-refractivity contribution in [2.45, 2.75) is 17.7 Å². The minimum absolute atomic E-state index is 0.00317. The third-order valence-corrected chi connectivity index (χ3v) is 7.10. The number of urea groups is 1. The Balaban J connectivity index is 1.63. The maximum Gasteiger partial charge on any atom is 0.323 e. The van der Waals surface area contributed by atoms with Gasteiger partial charge in [0, 0.05) is 23.8 Å². The molecule has 1 saturated heterocycles. The lowest BCUT2D eigenvalue weighted by molar-refractivity contribution is 0.262. The summed E-state index contributed by atoms with van der Waals surface area (Å²) in [6.45, 7) is 1.66. The van der Waals surface area contributed by atoms with Gasteiger partial charge < -0.3 is 15.5 Å². The Kier molecular flexibility index (Phi) is 6.97. The first-order valence-electron chi connectivity index (χ1n) is 10.3. The Morgan fingerprint density at radius 3 is 2.33 bits per heavy atom. The van der Waals surface area contributed by atoms with Crippen molar-refractivity contribution in [3.63, 3.8) is 0 Å². The van der Waals surface area contributed by atoms with Gasteiger partial charge >= 0.3 is 6.03 Å². The van der Waals surface area contributed by atoms with Gasteiger partial charge in [-0.25, -0.2) is 13.2 Å². The van der Waals surface area contributed by atoms with Crippen LogP contribution < -0.4 is 20.3 Å². The predicted molar refractivity (Wildman–Crippen MR) is 134 cm³/mol. The minimum Gasteiger partial charge on any atom is -0.370 e. The van der Waals surface area contributed by atoms with Gasteiger partial charge in [0.05, 0.1) is 27.0 Å². The van der Waals surface area contributed by atoms with Gasteiger partial charge in [0.15, 0.2) is 0 Å². The predicted octanol–water partition coefficient (Wildman–Crippen LogP) is 6.04. The molecule has 0 aromatic heterocycles. The van der Waals surface area contributed by atoms with Crippen LogP contribution in [0.5, 0.6) is 0 Å². The fourth-order valence-electron chi connectivity index (χ4n) is 3.61. The Bertz CT molecular complexity index is 1280. The highest BCUT2D eigenvalue weighted by atomic mass is 35.5. The van der Waals surface area contributed by atoms with Crippen LogP contribution in [0.1, 0.15) is 12.8 Å². The van der Waals surface area contributed by atoms with Crippen molar-refractivity contribution in [3.8, 4) is 0 Å². The smallest absolute Gasteiger partial charge is 0.323 e. The van der Waals surface area contributed by atoms with Crippen LogP contribution in [0.15, 0.2) is 71.6 Å². The number of hydrogen-bond donors (Lipinski definition) is 3. The lowest BCUT2D eigenvalue weighted by Crippen LogP contribution is -2.24. The van der Waals surface area contributed by atoms with Crippen molar-refractivity contribution in [2.75, 3.05) is 33.3 Å². The normalized spacial score (nSPS) is 13.6. The molecule has 10 heteroatoms. The van der Waals surface area contributed by atoms with E-state index in [1.165, 1.54) is 12.1 Å². The van der Waals surface area contributed by atoms with E-state index in [1.54, 1.807) is 54.6 Å². The number of rotatable bonds is 6. The van der Waals surface area contributed by atoms with Crippen LogP contribution in [0.3, 0.4) is 0 Å². The third kappa shape index (κ3) is 5.71. The summed E-state index contributed by atoms with van der Waals surface area (Å²) in [6, 6.07) is 17.5. The van der Waals surface area contributed by atoms with Crippen LogP contribution in [0, 0.1) is 0 Å². The van der Waals surface area contributed by atoms with Crippen LogP contribution >= 0.6 is 23.2 Å². The van der Waals surface area contributed by atoms with E-state index in [-0.39, 0.29) is 15.6 Å². The van der Waals surface area contributed by atoms with Gasteiger partial charge in [-0.3, -0.25) is 4.72 Å². The summed E-state index contributed by atoms with van der Waals surface area (Å²) >= 11 is 12.1. The van der Waals surface area contributed by atoms with E-state index in [4.69, 9.17) is 23.2 Å². The summed E-state index contributed by atoms with van der Waals surface area (Å²) in [5.41, 5.74) is 1.94. The number of amides is 2. The molecule has 33 heavy (non-hydrogen) atoms. The van der Waals surface area contributed by atoms with Gasteiger partial charge in [0.2, 0.25) is 0 Å². The molecular formula is C23H22Cl2N4O3S. The van der Waals surface area contributed by atoms with Crippen LogP contribution in [0.25, 0.3) is 0 Å². The molecule has 2 amide bonds. The molecule has 7 nitrogen and oxygen atoms in total. The molecule has 1 heterocycles. The van der Waals surface area contributed by atoms with Gasteiger partial charge in [0.25, 0.3) is 10.0 Å². The average Bonchev–Trinajstić information content (AvgIpc) is 3.30. The van der Waals surface area contributed by atoms with E-state index < -0.39 is 16.1 Å². The van der Waals surface area contributed by atoms with E-state index in [9.17, 15) is 13.2 Å². The molecule has 1 fully saturated rings. The summed E-state index contributed by atoms with van der Waals surface area (Å²) in [4.78, 5) is 14.8. The Morgan fingerprint density at radius 1 is 0.848 bits per heavy atom. The van der Waals surface area contributed by atoms with Crippen molar-refractivity contribution >= 4 is 62.0 Å². The van der Waals surface area contributed by atoms with Crippen molar-refractivity contribution < 1.29 is 13.2 Å². The van der Waals surface area contributed by atoms with E-state index in [2.05, 4.69) is 20.3 Å².